The summed E-state index contributed by atoms with van der Waals surface area (Å²) in [5, 5.41) is 3.58. The van der Waals surface area contributed by atoms with Crippen LogP contribution in [0.2, 0.25) is 10.0 Å². The van der Waals surface area contributed by atoms with Crippen LogP contribution in [0, 0.1) is 20.8 Å². The van der Waals surface area contributed by atoms with Crippen molar-refractivity contribution in [2.45, 2.75) is 46.7 Å². The first-order valence-corrected chi connectivity index (χ1v) is 10.6. The minimum absolute atomic E-state index is 0.177. The number of hydrogen-bond acceptors (Lipinski definition) is 3. The summed E-state index contributed by atoms with van der Waals surface area (Å²) in [4.78, 5) is 27.1. The molecule has 2 aromatic rings. The van der Waals surface area contributed by atoms with E-state index in [0.29, 0.717) is 27.8 Å². The first-order chi connectivity index (χ1) is 14.2. The number of aryl methyl sites for hydroxylation is 2. The van der Waals surface area contributed by atoms with Crippen molar-refractivity contribution < 1.29 is 14.3 Å². The molecule has 0 fully saturated rings. The van der Waals surface area contributed by atoms with E-state index >= 15 is 0 Å². The summed E-state index contributed by atoms with van der Waals surface area (Å²) in [5.74, 6) is 0.131. The summed E-state index contributed by atoms with van der Waals surface area (Å²) in [7, 11) is 1.55. The predicted molar refractivity (Wildman–Crippen MR) is 121 cm³/mol. The fourth-order valence-electron chi connectivity index (χ4n) is 3.29. The molecule has 2 aromatic carbocycles. The van der Waals surface area contributed by atoms with E-state index in [0.717, 1.165) is 16.7 Å². The molecular weight excluding hydrogens is 423 g/mol. The van der Waals surface area contributed by atoms with E-state index in [1.54, 1.807) is 25.2 Å². The zero-order chi connectivity index (χ0) is 22.4. The van der Waals surface area contributed by atoms with Gasteiger partial charge in [0, 0.05) is 23.6 Å². The van der Waals surface area contributed by atoms with Crippen molar-refractivity contribution in [1.82, 2.24) is 10.2 Å². The van der Waals surface area contributed by atoms with Gasteiger partial charge in [-0.15, -0.1) is 0 Å². The zero-order valence-corrected chi connectivity index (χ0v) is 19.5. The Morgan fingerprint density at radius 3 is 2.43 bits per heavy atom. The smallest absolute Gasteiger partial charge is 0.261 e. The van der Waals surface area contributed by atoms with Crippen molar-refractivity contribution in [2.75, 3.05) is 13.7 Å². The van der Waals surface area contributed by atoms with Crippen molar-refractivity contribution in [3.63, 3.8) is 0 Å². The molecule has 0 saturated heterocycles. The lowest BCUT2D eigenvalue weighted by molar-refractivity contribution is -0.142. The molecular formula is C23H28Cl2N2O3. The van der Waals surface area contributed by atoms with Gasteiger partial charge >= 0.3 is 0 Å². The van der Waals surface area contributed by atoms with Gasteiger partial charge in [-0.1, -0.05) is 42.3 Å². The Labute approximate surface area is 188 Å². The van der Waals surface area contributed by atoms with Gasteiger partial charge < -0.3 is 15.0 Å². The maximum absolute atomic E-state index is 13.2. The van der Waals surface area contributed by atoms with E-state index in [1.165, 1.54) is 4.90 Å². The monoisotopic (exact) mass is 450 g/mol. The molecule has 1 atom stereocenters. The second kappa shape index (κ2) is 10.7. The Morgan fingerprint density at radius 2 is 1.83 bits per heavy atom. The molecule has 0 aromatic heterocycles. The van der Waals surface area contributed by atoms with E-state index in [1.807, 2.05) is 33.8 Å². The molecule has 1 N–H and O–H groups in total. The summed E-state index contributed by atoms with van der Waals surface area (Å²) < 4.78 is 5.86. The van der Waals surface area contributed by atoms with Gasteiger partial charge in [0.25, 0.3) is 5.91 Å². The van der Waals surface area contributed by atoms with E-state index in [9.17, 15) is 9.59 Å². The normalized spacial score (nSPS) is 11.7. The number of rotatable bonds is 8. The lowest BCUT2D eigenvalue weighted by Crippen LogP contribution is -2.49. The first kappa shape index (κ1) is 24.0. The highest BCUT2D eigenvalue weighted by molar-refractivity contribution is 6.35. The van der Waals surface area contributed by atoms with Gasteiger partial charge in [0.05, 0.1) is 0 Å². The summed E-state index contributed by atoms with van der Waals surface area (Å²) in [6.45, 7) is 7.80. The van der Waals surface area contributed by atoms with Crippen LogP contribution < -0.4 is 10.1 Å². The van der Waals surface area contributed by atoms with Gasteiger partial charge in [-0.3, -0.25) is 9.59 Å². The SMILES string of the molecule is CC[C@@H](C(=O)NC)N(Cc1ccc(Cl)cc1Cl)C(=O)COc1cc(C)cc(C)c1C. The van der Waals surface area contributed by atoms with Crippen LogP contribution in [0.25, 0.3) is 0 Å². The Morgan fingerprint density at radius 1 is 1.13 bits per heavy atom. The average molecular weight is 451 g/mol. The van der Waals surface area contributed by atoms with Gasteiger partial charge in [0.2, 0.25) is 5.91 Å². The van der Waals surface area contributed by atoms with Gasteiger partial charge in [0.1, 0.15) is 11.8 Å². The molecule has 2 rings (SSSR count). The highest BCUT2D eigenvalue weighted by atomic mass is 35.5. The van der Waals surface area contributed by atoms with Crippen LogP contribution in [0.5, 0.6) is 5.75 Å². The molecule has 30 heavy (non-hydrogen) atoms. The molecule has 0 aliphatic heterocycles. The maximum atomic E-state index is 13.2. The molecule has 0 radical (unpaired) electrons. The molecule has 0 spiro atoms. The average Bonchev–Trinajstić information content (AvgIpc) is 2.70. The second-order valence-electron chi connectivity index (χ2n) is 7.29. The fourth-order valence-corrected chi connectivity index (χ4v) is 3.76. The Kier molecular flexibility index (Phi) is 8.56. The summed E-state index contributed by atoms with van der Waals surface area (Å²) >= 11 is 12.3. The lowest BCUT2D eigenvalue weighted by atomic mass is 10.1. The number of benzene rings is 2. The Balaban J connectivity index is 2.28. The van der Waals surface area contributed by atoms with Crippen LogP contribution in [0.3, 0.4) is 0 Å². The molecule has 0 aliphatic rings. The number of nitrogens with zero attached hydrogens (tertiary/aromatic N) is 1. The topological polar surface area (TPSA) is 58.6 Å². The third kappa shape index (κ3) is 5.89. The summed E-state index contributed by atoms with van der Waals surface area (Å²) in [5.41, 5.74) is 3.85. The van der Waals surface area contributed by atoms with Crippen LogP contribution in [0.1, 0.15) is 35.6 Å². The number of amides is 2. The van der Waals surface area contributed by atoms with Crippen LogP contribution in [-0.4, -0.2) is 36.4 Å². The Hall–Kier alpha value is -2.24. The van der Waals surface area contributed by atoms with Crippen molar-refractivity contribution >= 4 is 35.0 Å². The van der Waals surface area contributed by atoms with Gasteiger partial charge in [-0.05, 0) is 67.6 Å². The van der Waals surface area contributed by atoms with Crippen molar-refractivity contribution in [3.05, 3.63) is 62.6 Å². The van der Waals surface area contributed by atoms with Crippen LogP contribution in [-0.2, 0) is 16.1 Å². The zero-order valence-electron chi connectivity index (χ0n) is 18.0. The number of halogens is 2. The number of carbonyl (C=O) groups excluding carboxylic acids is 2. The largest absolute Gasteiger partial charge is 0.483 e. The number of hydrogen-bond donors (Lipinski definition) is 1. The third-order valence-electron chi connectivity index (χ3n) is 5.10. The number of ether oxygens (including phenoxy) is 1. The fraction of sp³-hybridized carbons (Fsp3) is 0.391. The first-order valence-electron chi connectivity index (χ1n) is 9.83. The van der Waals surface area contributed by atoms with Gasteiger partial charge in [-0.2, -0.15) is 0 Å². The molecule has 0 aliphatic carbocycles. The summed E-state index contributed by atoms with van der Waals surface area (Å²) in [6.07, 6.45) is 0.458. The quantitative estimate of drug-likeness (QED) is 0.624. The van der Waals surface area contributed by atoms with Gasteiger partial charge in [-0.25, -0.2) is 0 Å². The van der Waals surface area contributed by atoms with E-state index in [2.05, 4.69) is 11.4 Å². The van der Waals surface area contributed by atoms with E-state index < -0.39 is 6.04 Å². The molecule has 162 valence electrons. The molecule has 0 bridgehead atoms. The standard InChI is InChI=1S/C23H28Cl2N2O3/c1-6-20(23(29)26-5)27(12-17-7-8-18(24)11-19(17)25)22(28)13-30-21-10-14(2)9-15(3)16(21)4/h7-11,20H,6,12-13H2,1-5H3,(H,26,29)/t20-/m0/s1. The second-order valence-corrected chi connectivity index (χ2v) is 8.13. The van der Waals surface area contributed by atoms with Crippen molar-refractivity contribution in [1.29, 1.82) is 0 Å². The lowest BCUT2D eigenvalue weighted by Gasteiger charge is -2.30. The van der Waals surface area contributed by atoms with E-state index in [-0.39, 0.29) is 25.0 Å². The highest BCUT2D eigenvalue weighted by Crippen LogP contribution is 2.25. The summed E-state index contributed by atoms with van der Waals surface area (Å²) in [6, 6.07) is 8.43. The molecule has 0 saturated carbocycles. The molecule has 5 nitrogen and oxygen atoms in total. The van der Waals surface area contributed by atoms with Gasteiger partial charge in [0.15, 0.2) is 6.61 Å². The molecule has 7 heteroatoms. The molecule has 2 amide bonds. The third-order valence-corrected chi connectivity index (χ3v) is 5.69. The Bertz CT molecular complexity index is 931. The minimum atomic E-state index is -0.641. The van der Waals surface area contributed by atoms with E-state index in [4.69, 9.17) is 27.9 Å². The van der Waals surface area contributed by atoms with Crippen molar-refractivity contribution in [3.8, 4) is 5.75 Å². The number of likely N-dealkylation sites (N-methyl/N-ethyl adjacent to an activating group) is 1. The van der Waals surface area contributed by atoms with Crippen LogP contribution >= 0.6 is 23.2 Å². The molecule has 0 unspecified atom stereocenters. The number of nitrogens with one attached hydrogen (secondary N) is 1. The minimum Gasteiger partial charge on any atom is -0.483 e. The van der Waals surface area contributed by atoms with Crippen LogP contribution in [0.4, 0.5) is 0 Å². The number of carbonyl (C=O) groups is 2. The van der Waals surface area contributed by atoms with Crippen LogP contribution in [0.15, 0.2) is 30.3 Å². The highest BCUT2D eigenvalue weighted by Gasteiger charge is 2.29. The maximum Gasteiger partial charge on any atom is 0.261 e. The van der Waals surface area contributed by atoms with Crippen molar-refractivity contribution in [2.24, 2.45) is 0 Å². The predicted octanol–water partition coefficient (Wildman–Crippen LogP) is 4.85. The molecule has 0 heterocycles.